The van der Waals surface area contributed by atoms with E-state index < -0.39 is 0 Å². The minimum absolute atomic E-state index is 0. The van der Waals surface area contributed by atoms with Crippen molar-refractivity contribution in [2.24, 2.45) is 11.8 Å². The zero-order valence-corrected chi connectivity index (χ0v) is 16.7. The Hall–Kier alpha value is 0.740. The fourth-order valence-corrected chi connectivity index (χ4v) is 8.55. The summed E-state index contributed by atoms with van der Waals surface area (Å²) < 4.78 is 0. The average molecular weight is 381 g/mol. The molecule has 0 aromatic rings. The SMILES string of the molecule is CSCC1CSC(CSC(=O)C2CCC(C(C)=O)CC2)CS1.[HH]. The van der Waals surface area contributed by atoms with Gasteiger partial charge in [0.15, 0.2) is 5.12 Å². The maximum Gasteiger partial charge on any atom is 0.192 e. The highest BCUT2D eigenvalue weighted by molar-refractivity contribution is 8.15. The van der Waals surface area contributed by atoms with Crippen LogP contribution in [0.1, 0.15) is 34.0 Å². The first kappa shape index (κ1) is 19.1. The summed E-state index contributed by atoms with van der Waals surface area (Å²) in [5, 5.41) is 1.79. The molecule has 2 unspecified atom stereocenters. The van der Waals surface area contributed by atoms with Gasteiger partial charge in [-0.25, -0.2) is 0 Å². The molecular weight excluding hydrogens is 352 g/mol. The molecule has 0 amide bonds. The van der Waals surface area contributed by atoms with Gasteiger partial charge in [0.05, 0.1) is 0 Å². The molecule has 1 aliphatic heterocycles. The molecule has 1 heterocycles. The lowest BCUT2D eigenvalue weighted by Gasteiger charge is -2.28. The first-order chi connectivity index (χ1) is 10.6. The molecule has 0 aromatic heterocycles. The van der Waals surface area contributed by atoms with E-state index in [1.54, 1.807) is 18.7 Å². The number of carbonyl (C=O) groups is 2. The van der Waals surface area contributed by atoms with Gasteiger partial charge in [0.1, 0.15) is 5.78 Å². The quantitative estimate of drug-likeness (QED) is 0.676. The molecule has 0 aromatic carbocycles. The molecule has 2 atom stereocenters. The molecule has 2 fully saturated rings. The highest BCUT2D eigenvalue weighted by Gasteiger charge is 2.29. The van der Waals surface area contributed by atoms with Crippen molar-refractivity contribution in [3.05, 3.63) is 0 Å². The summed E-state index contributed by atoms with van der Waals surface area (Å²) in [7, 11) is 0. The zero-order chi connectivity index (χ0) is 15.9. The van der Waals surface area contributed by atoms with E-state index in [0.717, 1.165) is 36.7 Å². The summed E-state index contributed by atoms with van der Waals surface area (Å²) in [5.74, 6) is 5.35. The van der Waals surface area contributed by atoms with E-state index in [1.807, 2.05) is 11.8 Å². The Morgan fingerprint density at radius 1 is 1.00 bits per heavy atom. The Kier molecular flexibility index (Phi) is 8.58. The molecule has 2 aliphatic rings. The first-order valence-corrected chi connectivity index (χ1v) is 12.5. The van der Waals surface area contributed by atoms with E-state index in [2.05, 4.69) is 29.8 Å². The fraction of sp³-hybridized carbons (Fsp3) is 0.875. The van der Waals surface area contributed by atoms with Gasteiger partial charge in [0.2, 0.25) is 0 Å². The van der Waals surface area contributed by atoms with Crippen LogP contribution in [0.4, 0.5) is 0 Å². The standard InChI is InChI=1S/C16H26O2S4.H2/c1-11(17)12-3-5-13(6-4-12)16(18)22-10-15-9-20-14(7-19-2)8-21-15;/h12-15H,3-10H2,1-2H3;1H. The van der Waals surface area contributed by atoms with E-state index in [9.17, 15) is 9.59 Å². The van der Waals surface area contributed by atoms with Gasteiger partial charge in [-0.1, -0.05) is 11.8 Å². The third-order valence-electron chi connectivity index (χ3n) is 4.44. The monoisotopic (exact) mass is 380 g/mol. The van der Waals surface area contributed by atoms with Crippen LogP contribution in [-0.2, 0) is 9.59 Å². The normalized spacial score (nSPS) is 32.6. The van der Waals surface area contributed by atoms with Crippen molar-refractivity contribution in [2.75, 3.05) is 29.3 Å². The van der Waals surface area contributed by atoms with Crippen LogP contribution >= 0.6 is 47.0 Å². The predicted molar refractivity (Wildman–Crippen MR) is 107 cm³/mol. The minimum Gasteiger partial charge on any atom is -0.300 e. The Morgan fingerprint density at radius 3 is 2.05 bits per heavy atom. The van der Waals surface area contributed by atoms with Crippen molar-refractivity contribution >= 4 is 57.9 Å². The van der Waals surface area contributed by atoms with E-state index in [4.69, 9.17) is 0 Å². The van der Waals surface area contributed by atoms with Gasteiger partial charge in [0, 0.05) is 46.8 Å². The van der Waals surface area contributed by atoms with Gasteiger partial charge >= 0.3 is 0 Å². The number of hydrogen-bond acceptors (Lipinski definition) is 6. The summed E-state index contributed by atoms with van der Waals surface area (Å²) in [6.45, 7) is 1.68. The largest absolute Gasteiger partial charge is 0.300 e. The maximum absolute atomic E-state index is 12.3. The van der Waals surface area contributed by atoms with Crippen LogP contribution in [0.3, 0.4) is 0 Å². The summed E-state index contributed by atoms with van der Waals surface area (Å²) in [4.78, 5) is 23.7. The average Bonchev–Trinajstić information content (AvgIpc) is 2.54. The number of thioether (sulfide) groups is 4. The van der Waals surface area contributed by atoms with Crippen LogP contribution in [0.5, 0.6) is 0 Å². The van der Waals surface area contributed by atoms with E-state index >= 15 is 0 Å². The third kappa shape index (κ3) is 5.99. The highest BCUT2D eigenvalue weighted by Crippen LogP contribution is 2.36. The molecule has 22 heavy (non-hydrogen) atoms. The van der Waals surface area contributed by atoms with Gasteiger partial charge in [-0.2, -0.15) is 35.3 Å². The topological polar surface area (TPSA) is 34.1 Å². The van der Waals surface area contributed by atoms with E-state index in [-0.39, 0.29) is 13.3 Å². The van der Waals surface area contributed by atoms with Crippen LogP contribution in [0.2, 0.25) is 0 Å². The molecular formula is C16H28O2S4. The second-order valence-corrected chi connectivity index (χ2v) is 10.8. The van der Waals surface area contributed by atoms with Crippen molar-refractivity contribution in [2.45, 2.75) is 43.1 Å². The maximum atomic E-state index is 12.3. The Bertz CT molecular complexity index is 378. The summed E-state index contributed by atoms with van der Waals surface area (Å²) in [6, 6.07) is 0. The summed E-state index contributed by atoms with van der Waals surface area (Å²) >= 11 is 7.62. The first-order valence-electron chi connectivity index (χ1n) is 7.99. The van der Waals surface area contributed by atoms with Crippen LogP contribution in [0, 0.1) is 11.8 Å². The second kappa shape index (κ2) is 9.90. The van der Waals surface area contributed by atoms with Crippen LogP contribution in [0.15, 0.2) is 0 Å². The molecule has 1 aliphatic carbocycles. The minimum atomic E-state index is 0. The lowest BCUT2D eigenvalue weighted by molar-refractivity contribution is -0.123. The molecule has 2 nitrogen and oxygen atoms in total. The number of hydrogen-bond donors (Lipinski definition) is 0. The lowest BCUT2D eigenvalue weighted by atomic mass is 9.81. The third-order valence-corrected chi connectivity index (χ3v) is 10.0. The lowest BCUT2D eigenvalue weighted by Crippen LogP contribution is -2.27. The Labute approximate surface area is 153 Å². The van der Waals surface area contributed by atoms with Crippen LogP contribution in [0.25, 0.3) is 0 Å². The van der Waals surface area contributed by atoms with Gasteiger partial charge < -0.3 is 0 Å². The Morgan fingerprint density at radius 2 is 1.55 bits per heavy atom. The molecule has 2 rings (SSSR count). The number of Topliss-reactive ketones (excluding diaryl/α,β-unsaturated/α-hetero) is 1. The predicted octanol–water partition coefficient (Wildman–Crippen LogP) is 4.47. The van der Waals surface area contributed by atoms with Crippen molar-refractivity contribution < 1.29 is 11.0 Å². The fourth-order valence-electron chi connectivity index (χ4n) is 2.99. The molecule has 0 radical (unpaired) electrons. The number of ketones is 1. The summed E-state index contributed by atoms with van der Waals surface area (Å²) in [5.41, 5.74) is 0. The molecule has 0 N–H and O–H groups in total. The summed E-state index contributed by atoms with van der Waals surface area (Å²) in [6.07, 6.45) is 5.83. The molecule has 0 spiro atoms. The van der Waals surface area contributed by atoms with Crippen LogP contribution in [-0.4, -0.2) is 50.7 Å². The zero-order valence-electron chi connectivity index (χ0n) is 13.4. The van der Waals surface area contributed by atoms with Crippen molar-refractivity contribution in [1.29, 1.82) is 0 Å². The molecule has 6 heteroatoms. The second-order valence-electron chi connectivity index (χ2n) is 6.16. The van der Waals surface area contributed by atoms with Crippen molar-refractivity contribution in [1.82, 2.24) is 0 Å². The molecule has 1 saturated heterocycles. The molecule has 0 bridgehead atoms. The smallest absolute Gasteiger partial charge is 0.192 e. The van der Waals surface area contributed by atoms with Crippen molar-refractivity contribution in [3.63, 3.8) is 0 Å². The van der Waals surface area contributed by atoms with Gasteiger partial charge in [-0.15, -0.1) is 0 Å². The van der Waals surface area contributed by atoms with Crippen LogP contribution < -0.4 is 0 Å². The van der Waals surface area contributed by atoms with Gasteiger partial charge in [0.25, 0.3) is 0 Å². The van der Waals surface area contributed by atoms with Crippen molar-refractivity contribution in [3.8, 4) is 0 Å². The van der Waals surface area contributed by atoms with E-state index in [1.165, 1.54) is 17.3 Å². The highest BCUT2D eigenvalue weighted by atomic mass is 32.2. The number of rotatable bonds is 6. The van der Waals surface area contributed by atoms with Gasteiger partial charge in [-0.05, 0) is 38.9 Å². The Balaban J connectivity index is 0.00000264. The number of carbonyl (C=O) groups excluding carboxylic acids is 2. The molecule has 128 valence electrons. The van der Waals surface area contributed by atoms with E-state index in [0.29, 0.717) is 16.1 Å². The molecule has 1 saturated carbocycles. The van der Waals surface area contributed by atoms with Gasteiger partial charge in [-0.3, -0.25) is 9.59 Å².